The van der Waals surface area contributed by atoms with E-state index < -0.39 is 0 Å². The molecule has 0 fully saturated rings. The zero-order valence-corrected chi connectivity index (χ0v) is 15.9. The van der Waals surface area contributed by atoms with Crippen LogP contribution in [0.5, 0.6) is 11.5 Å². The molecule has 0 bridgehead atoms. The first-order chi connectivity index (χ1) is 13.3. The van der Waals surface area contributed by atoms with Crippen molar-refractivity contribution in [1.29, 1.82) is 0 Å². The summed E-state index contributed by atoms with van der Waals surface area (Å²) in [7, 11) is 1.60. The van der Waals surface area contributed by atoms with Crippen LogP contribution in [0.4, 0.5) is 0 Å². The first-order valence-electron chi connectivity index (χ1n) is 8.94. The van der Waals surface area contributed by atoms with E-state index in [9.17, 15) is 4.79 Å². The summed E-state index contributed by atoms with van der Waals surface area (Å²) in [6.07, 6.45) is 0.886. The number of fused-ring (bicyclic) bond motifs is 1. The van der Waals surface area contributed by atoms with Gasteiger partial charge in [0.05, 0.1) is 13.2 Å². The highest BCUT2D eigenvalue weighted by molar-refractivity contribution is 7.10. The van der Waals surface area contributed by atoms with Crippen LogP contribution < -0.4 is 9.47 Å². The quantitative estimate of drug-likeness (QED) is 0.663. The highest BCUT2D eigenvalue weighted by Crippen LogP contribution is 2.37. The van der Waals surface area contributed by atoms with E-state index >= 15 is 0 Å². The van der Waals surface area contributed by atoms with Crippen molar-refractivity contribution < 1.29 is 14.3 Å². The molecule has 138 valence electrons. The fourth-order valence-electron chi connectivity index (χ4n) is 3.54. The summed E-state index contributed by atoms with van der Waals surface area (Å²) in [6, 6.07) is 19.7. The Bertz CT molecular complexity index is 922. The summed E-state index contributed by atoms with van der Waals surface area (Å²) in [6.45, 7) is 0.685. The van der Waals surface area contributed by atoms with E-state index in [0.717, 1.165) is 12.0 Å². The second-order valence-electron chi connectivity index (χ2n) is 6.39. The van der Waals surface area contributed by atoms with Crippen LogP contribution in [0.3, 0.4) is 0 Å². The van der Waals surface area contributed by atoms with Crippen molar-refractivity contribution in [3.8, 4) is 11.5 Å². The molecule has 1 aliphatic rings. The Morgan fingerprint density at radius 1 is 1.07 bits per heavy atom. The molecule has 2 heterocycles. The van der Waals surface area contributed by atoms with Crippen LogP contribution >= 0.6 is 11.3 Å². The van der Waals surface area contributed by atoms with Crippen molar-refractivity contribution >= 4 is 17.2 Å². The third kappa shape index (κ3) is 3.55. The van der Waals surface area contributed by atoms with Gasteiger partial charge in [-0.15, -0.1) is 11.3 Å². The molecule has 1 amide bonds. The molecule has 2 aromatic carbocycles. The number of rotatable bonds is 5. The number of benzene rings is 2. The van der Waals surface area contributed by atoms with Gasteiger partial charge in [0.15, 0.2) is 18.1 Å². The minimum atomic E-state index is -0.0602. The molecule has 0 unspecified atom stereocenters. The highest BCUT2D eigenvalue weighted by Gasteiger charge is 2.32. The standard InChI is InChI=1S/C22H21NO3S/c1-25-18-9-5-6-10-19(18)26-15-21(24)23-13-11-20-17(12-14-27-20)22(23)16-7-3-2-4-8-16/h2-10,12,14,22H,11,13,15H2,1H3/t22-/m0/s1. The lowest BCUT2D eigenvalue weighted by atomic mass is 9.93. The fraction of sp³-hybridized carbons (Fsp3) is 0.227. The summed E-state index contributed by atoms with van der Waals surface area (Å²) in [5, 5.41) is 2.11. The van der Waals surface area contributed by atoms with E-state index in [1.807, 2.05) is 47.4 Å². The third-order valence-electron chi connectivity index (χ3n) is 4.82. The van der Waals surface area contributed by atoms with Gasteiger partial charge >= 0.3 is 0 Å². The second-order valence-corrected chi connectivity index (χ2v) is 7.39. The Balaban J connectivity index is 1.57. The number of carbonyl (C=O) groups is 1. The molecule has 0 spiro atoms. The van der Waals surface area contributed by atoms with Gasteiger partial charge in [-0.05, 0) is 41.1 Å². The van der Waals surface area contributed by atoms with Gasteiger partial charge in [-0.2, -0.15) is 0 Å². The lowest BCUT2D eigenvalue weighted by Crippen LogP contribution is -2.42. The van der Waals surface area contributed by atoms with Gasteiger partial charge in [0.1, 0.15) is 0 Å². The number of amides is 1. The number of hydrogen-bond donors (Lipinski definition) is 0. The molecule has 3 aromatic rings. The van der Waals surface area contributed by atoms with Gasteiger partial charge in [0.2, 0.25) is 0 Å². The second kappa shape index (κ2) is 7.84. The summed E-state index contributed by atoms with van der Waals surface area (Å²) in [5.41, 5.74) is 2.35. The Morgan fingerprint density at radius 3 is 2.59 bits per heavy atom. The van der Waals surface area contributed by atoms with Gasteiger partial charge in [0.25, 0.3) is 5.91 Å². The van der Waals surface area contributed by atoms with Crippen molar-refractivity contribution in [3.63, 3.8) is 0 Å². The first-order valence-corrected chi connectivity index (χ1v) is 9.82. The van der Waals surface area contributed by atoms with E-state index in [0.29, 0.717) is 18.0 Å². The minimum absolute atomic E-state index is 0.0107. The maximum Gasteiger partial charge on any atom is 0.261 e. The van der Waals surface area contributed by atoms with E-state index in [1.54, 1.807) is 18.4 Å². The zero-order valence-electron chi connectivity index (χ0n) is 15.1. The molecule has 5 heteroatoms. The molecule has 1 atom stereocenters. The molecule has 1 aliphatic heterocycles. The molecule has 0 radical (unpaired) electrons. The van der Waals surface area contributed by atoms with Gasteiger partial charge in [0, 0.05) is 11.4 Å². The molecule has 27 heavy (non-hydrogen) atoms. The molecule has 0 N–H and O–H groups in total. The monoisotopic (exact) mass is 379 g/mol. The van der Waals surface area contributed by atoms with E-state index in [-0.39, 0.29) is 18.6 Å². The van der Waals surface area contributed by atoms with Gasteiger partial charge < -0.3 is 14.4 Å². The fourth-order valence-corrected chi connectivity index (χ4v) is 4.44. The molecule has 0 saturated heterocycles. The van der Waals surface area contributed by atoms with E-state index in [4.69, 9.17) is 9.47 Å². The number of carbonyl (C=O) groups excluding carboxylic acids is 1. The van der Waals surface area contributed by atoms with Crippen LogP contribution in [0.15, 0.2) is 66.0 Å². The molecular formula is C22H21NO3S. The number of methoxy groups -OCH3 is 1. The summed E-state index contributed by atoms with van der Waals surface area (Å²) >= 11 is 1.77. The van der Waals surface area contributed by atoms with Gasteiger partial charge in [-0.1, -0.05) is 42.5 Å². The number of para-hydroxylation sites is 2. The summed E-state index contributed by atoms with van der Waals surface area (Å²) < 4.78 is 11.1. The maximum atomic E-state index is 13.0. The lowest BCUT2D eigenvalue weighted by Gasteiger charge is -2.36. The van der Waals surface area contributed by atoms with Gasteiger partial charge in [-0.3, -0.25) is 4.79 Å². The zero-order chi connectivity index (χ0) is 18.6. The number of thiophene rings is 1. The molecule has 4 nitrogen and oxygen atoms in total. The normalized spacial score (nSPS) is 15.9. The van der Waals surface area contributed by atoms with Crippen molar-refractivity contribution in [1.82, 2.24) is 4.90 Å². The Labute approximate surface area is 163 Å². The smallest absolute Gasteiger partial charge is 0.261 e. The van der Waals surface area contributed by atoms with Crippen LogP contribution in [0, 0.1) is 0 Å². The topological polar surface area (TPSA) is 38.8 Å². The molecule has 4 rings (SSSR count). The molecule has 1 aromatic heterocycles. The van der Waals surface area contributed by atoms with Crippen molar-refractivity contribution in [3.05, 3.63) is 82.0 Å². The Kier molecular flexibility index (Phi) is 5.12. The molecular weight excluding hydrogens is 358 g/mol. The number of hydrogen-bond acceptors (Lipinski definition) is 4. The average molecular weight is 379 g/mol. The van der Waals surface area contributed by atoms with Crippen LogP contribution in [-0.2, 0) is 11.2 Å². The number of nitrogens with zero attached hydrogens (tertiary/aromatic N) is 1. The largest absolute Gasteiger partial charge is 0.493 e. The van der Waals surface area contributed by atoms with Crippen molar-refractivity contribution in [2.45, 2.75) is 12.5 Å². The molecule has 0 saturated carbocycles. The van der Waals surface area contributed by atoms with Crippen LogP contribution in [-0.4, -0.2) is 31.1 Å². The SMILES string of the molecule is COc1ccccc1OCC(=O)N1CCc2sccc2[C@@H]1c1ccccc1. The van der Waals surface area contributed by atoms with Gasteiger partial charge in [-0.25, -0.2) is 0 Å². The van der Waals surface area contributed by atoms with E-state index in [2.05, 4.69) is 23.6 Å². The van der Waals surface area contributed by atoms with Crippen LogP contribution in [0.1, 0.15) is 22.0 Å². The third-order valence-corrected chi connectivity index (χ3v) is 5.82. The average Bonchev–Trinajstić information content (AvgIpc) is 3.21. The summed E-state index contributed by atoms with van der Waals surface area (Å²) in [4.78, 5) is 16.3. The van der Waals surface area contributed by atoms with E-state index in [1.165, 1.54) is 10.4 Å². The number of ether oxygens (including phenoxy) is 2. The minimum Gasteiger partial charge on any atom is -0.493 e. The first kappa shape index (κ1) is 17.6. The van der Waals surface area contributed by atoms with Crippen LogP contribution in [0.2, 0.25) is 0 Å². The van der Waals surface area contributed by atoms with Crippen LogP contribution in [0.25, 0.3) is 0 Å². The Morgan fingerprint density at radius 2 is 1.81 bits per heavy atom. The maximum absolute atomic E-state index is 13.0. The predicted molar refractivity (Wildman–Crippen MR) is 107 cm³/mol. The molecule has 0 aliphatic carbocycles. The Hall–Kier alpha value is -2.79. The highest BCUT2D eigenvalue weighted by atomic mass is 32.1. The summed E-state index contributed by atoms with van der Waals surface area (Å²) in [5.74, 6) is 1.19. The van der Waals surface area contributed by atoms with Crippen molar-refractivity contribution in [2.75, 3.05) is 20.3 Å². The van der Waals surface area contributed by atoms with Crippen molar-refractivity contribution in [2.24, 2.45) is 0 Å². The lowest BCUT2D eigenvalue weighted by molar-refractivity contribution is -0.135. The predicted octanol–water partition coefficient (Wildman–Crippen LogP) is 4.31.